The van der Waals surface area contributed by atoms with Gasteiger partial charge < -0.3 is 14.9 Å². The molecule has 36 heavy (non-hydrogen) atoms. The third-order valence-corrected chi connectivity index (χ3v) is 9.11. The molecule has 1 fully saturated rings. The Morgan fingerprint density at radius 2 is 1.94 bits per heavy atom. The number of fused-ring (bicyclic) bond motifs is 1. The zero-order chi connectivity index (χ0) is 25.8. The average molecular weight is 547 g/mol. The van der Waals surface area contributed by atoms with Crippen LogP contribution in [0.2, 0.25) is 5.02 Å². The zero-order valence-electron chi connectivity index (χ0n) is 20.4. The molecule has 6 nitrogen and oxygen atoms in total. The Morgan fingerprint density at radius 3 is 2.56 bits per heavy atom. The van der Waals surface area contributed by atoms with E-state index in [0.717, 1.165) is 27.9 Å². The van der Waals surface area contributed by atoms with Gasteiger partial charge in [0.25, 0.3) is 5.91 Å². The number of hydrogen-bond acceptors (Lipinski definition) is 5. The van der Waals surface area contributed by atoms with Gasteiger partial charge in [0, 0.05) is 27.7 Å². The summed E-state index contributed by atoms with van der Waals surface area (Å²) in [6.45, 7) is 6.79. The van der Waals surface area contributed by atoms with Crippen LogP contribution in [0.25, 0.3) is 0 Å². The van der Waals surface area contributed by atoms with Crippen molar-refractivity contribution < 1.29 is 14.7 Å². The number of hydrogen-bond donors (Lipinski definition) is 1. The van der Waals surface area contributed by atoms with Gasteiger partial charge in [0.05, 0.1) is 12.1 Å². The maximum Gasteiger partial charge on any atom is 0.326 e. The van der Waals surface area contributed by atoms with E-state index in [1.807, 2.05) is 36.4 Å². The van der Waals surface area contributed by atoms with Gasteiger partial charge in [0.2, 0.25) is 0 Å². The molecule has 9 heteroatoms. The fourth-order valence-corrected chi connectivity index (χ4v) is 7.19. The Kier molecular flexibility index (Phi) is 6.77. The van der Waals surface area contributed by atoms with Crippen LogP contribution in [0, 0.1) is 11.3 Å². The van der Waals surface area contributed by atoms with Gasteiger partial charge >= 0.3 is 5.97 Å². The highest BCUT2D eigenvalue weighted by atomic mass is 35.5. The second-order valence-corrected chi connectivity index (χ2v) is 12.2. The van der Waals surface area contributed by atoms with Crippen LogP contribution in [0.3, 0.4) is 0 Å². The van der Waals surface area contributed by atoms with E-state index in [9.17, 15) is 14.7 Å². The Hall–Kier alpha value is -2.22. The fourth-order valence-electron chi connectivity index (χ4n) is 5.63. The van der Waals surface area contributed by atoms with Gasteiger partial charge in [-0.3, -0.25) is 9.79 Å². The molecule has 1 aliphatic carbocycles. The first-order chi connectivity index (χ1) is 17.1. The van der Waals surface area contributed by atoms with Crippen LogP contribution in [0.5, 0.6) is 0 Å². The molecule has 1 N–H and O–H groups in total. The number of carbonyl (C=O) groups is 2. The first-order valence-electron chi connectivity index (χ1n) is 12.2. The third kappa shape index (κ3) is 4.29. The molecule has 0 aromatic heterocycles. The van der Waals surface area contributed by atoms with Crippen molar-refractivity contribution in [1.82, 2.24) is 9.80 Å². The summed E-state index contributed by atoms with van der Waals surface area (Å²) in [5, 5.41) is 11.8. The molecule has 1 aromatic carbocycles. The molecule has 190 valence electrons. The van der Waals surface area contributed by atoms with Crippen LogP contribution < -0.4 is 0 Å². The van der Waals surface area contributed by atoms with E-state index in [0.29, 0.717) is 29.3 Å². The summed E-state index contributed by atoms with van der Waals surface area (Å²) in [6, 6.07) is 6.80. The Morgan fingerprint density at radius 1 is 1.22 bits per heavy atom. The van der Waals surface area contributed by atoms with E-state index in [1.165, 1.54) is 16.7 Å². The molecule has 1 unspecified atom stereocenters. The number of nitrogens with zero attached hydrogens (tertiary/aromatic N) is 3. The number of amidine groups is 1. The van der Waals surface area contributed by atoms with Crippen LogP contribution in [-0.4, -0.2) is 50.6 Å². The monoisotopic (exact) mass is 545 g/mol. The van der Waals surface area contributed by atoms with Gasteiger partial charge in [0.1, 0.15) is 10.9 Å². The van der Waals surface area contributed by atoms with E-state index in [1.54, 1.807) is 0 Å². The van der Waals surface area contributed by atoms with Crippen LogP contribution in [0.4, 0.5) is 0 Å². The van der Waals surface area contributed by atoms with Gasteiger partial charge in [-0.15, -0.1) is 0 Å². The number of likely N-dealkylation sites (tertiary alicyclic amines) is 1. The largest absolute Gasteiger partial charge is 0.480 e. The van der Waals surface area contributed by atoms with Crippen molar-refractivity contribution >= 4 is 52.0 Å². The van der Waals surface area contributed by atoms with E-state index in [-0.39, 0.29) is 29.3 Å². The highest BCUT2D eigenvalue weighted by molar-refractivity contribution is 8.18. The van der Waals surface area contributed by atoms with E-state index < -0.39 is 12.0 Å². The first kappa shape index (κ1) is 25.4. The number of aliphatic carboxylic acids is 1. The van der Waals surface area contributed by atoms with Gasteiger partial charge in [0.15, 0.2) is 5.17 Å². The summed E-state index contributed by atoms with van der Waals surface area (Å²) in [5.41, 5.74) is 1.70. The van der Waals surface area contributed by atoms with E-state index in [2.05, 4.69) is 31.7 Å². The predicted octanol–water partition coefficient (Wildman–Crippen LogP) is 6.20. The molecule has 1 amide bonds. The zero-order valence-corrected chi connectivity index (χ0v) is 22.8. The highest BCUT2D eigenvalue weighted by Gasteiger charge is 2.52. The maximum absolute atomic E-state index is 13.7. The summed E-state index contributed by atoms with van der Waals surface area (Å²) in [5.74, 6) is -1.13. The lowest BCUT2D eigenvalue weighted by atomic mass is 9.73. The van der Waals surface area contributed by atoms with Gasteiger partial charge in [-0.25, -0.2) is 4.79 Å². The lowest BCUT2D eigenvalue weighted by Gasteiger charge is -2.39. The molecule has 4 aliphatic rings. The van der Waals surface area contributed by atoms with E-state index >= 15 is 0 Å². The van der Waals surface area contributed by atoms with Crippen LogP contribution in [0.1, 0.15) is 51.6 Å². The highest BCUT2D eigenvalue weighted by Crippen LogP contribution is 2.54. The normalized spacial score (nSPS) is 29.7. The summed E-state index contributed by atoms with van der Waals surface area (Å²) in [7, 11) is 0. The van der Waals surface area contributed by atoms with Gasteiger partial charge in [-0.05, 0) is 60.7 Å². The first-order valence-corrected chi connectivity index (χ1v) is 13.8. The summed E-state index contributed by atoms with van der Waals surface area (Å²) in [4.78, 5) is 35.1. The second kappa shape index (κ2) is 9.58. The van der Waals surface area contributed by atoms with Crippen molar-refractivity contribution in [2.24, 2.45) is 16.3 Å². The Labute approximate surface area is 225 Å². The van der Waals surface area contributed by atoms with Crippen molar-refractivity contribution in [3.63, 3.8) is 0 Å². The quantitative estimate of drug-likeness (QED) is 0.476. The number of carbonyl (C=O) groups excluding carboxylic acids is 1. The van der Waals surface area contributed by atoms with Crippen LogP contribution in [-0.2, 0) is 9.59 Å². The molecular formula is C27H29Cl2N3O3S. The number of rotatable bonds is 5. The van der Waals surface area contributed by atoms with Gasteiger partial charge in [-0.2, -0.15) is 0 Å². The summed E-state index contributed by atoms with van der Waals surface area (Å²) >= 11 is 13.9. The predicted molar refractivity (Wildman–Crippen MR) is 145 cm³/mol. The van der Waals surface area contributed by atoms with Crippen molar-refractivity contribution in [3.05, 3.63) is 68.7 Å². The molecule has 0 saturated carbocycles. The standard InChI is InChI=1S/C27H29Cl2N3O3S/c1-15(2)20-22(24(33)31-14-4-5-19(31)25(34)35)36-26-30-23(27(3)12-10-18(29)11-13-27)21(32(20)26)16-6-8-17(28)9-7-16/h6-12,15,19,21,23H,4-5,13-14H2,1-3H3,(H,34,35)/t19-,21+,23+,27?/m0/s1. The SMILES string of the molecule is CC(C)C1=C(C(=O)N2CCC[C@H]2C(=O)O)SC2=N[C@@H](C3(C)C=CC(Cl)=CC3)[C@@H](c3ccc(Cl)cc3)N21. The lowest BCUT2D eigenvalue weighted by Crippen LogP contribution is -2.41. The summed E-state index contributed by atoms with van der Waals surface area (Å²) < 4.78 is 0. The van der Waals surface area contributed by atoms with Crippen LogP contribution >= 0.6 is 35.0 Å². The average Bonchev–Trinajstić information content (AvgIpc) is 3.55. The number of benzene rings is 1. The van der Waals surface area contributed by atoms with Crippen molar-refractivity contribution in [3.8, 4) is 0 Å². The molecule has 0 bridgehead atoms. The van der Waals surface area contributed by atoms with Crippen molar-refractivity contribution in [2.45, 2.75) is 58.2 Å². The molecule has 0 spiro atoms. The lowest BCUT2D eigenvalue weighted by molar-refractivity contribution is -0.146. The van der Waals surface area contributed by atoms with Crippen molar-refractivity contribution in [1.29, 1.82) is 0 Å². The van der Waals surface area contributed by atoms with E-state index in [4.69, 9.17) is 28.2 Å². The summed E-state index contributed by atoms with van der Waals surface area (Å²) in [6.07, 6.45) is 8.05. The number of allylic oxidation sites excluding steroid dienone is 4. The topological polar surface area (TPSA) is 73.2 Å². The maximum atomic E-state index is 13.7. The fraction of sp³-hybridized carbons (Fsp3) is 0.444. The minimum absolute atomic E-state index is 0.0348. The number of carboxylic acid groups (broad SMARTS) is 1. The number of halogens is 2. The second-order valence-electron chi connectivity index (χ2n) is 10.3. The molecule has 1 saturated heterocycles. The van der Waals surface area contributed by atoms with Gasteiger partial charge in [-0.1, -0.05) is 68.3 Å². The Balaban J connectivity index is 1.58. The number of amides is 1. The molecule has 1 aromatic rings. The molecule has 4 atom stereocenters. The van der Waals surface area contributed by atoms with Crippen LogP contribution in [0.15, 0.2) is 63.1 Å². The van der Waals surface area contributed by atoms with Crippen molar-refractivity contribution in [2.75, 3.05) is 6.54 Å². The number of carboxylic acids is 1. The Bertz CT molecular complexity index is 1220. The number of aliphatic imine (C=N–C) groups is 1. The number of thioether (sulfide) groups is 1. The molecule has 5 rings (SSSR count). The smallest absolute Gasteiger partial charge is 0.326 e. The molecular weight excluding hydrogens is 517 g/mol. The molecule has 0 radical (unpaired) electrons. The molecule has 3 heterocycles. The molecule has 3 aliphatic heterocycles. The third-order valence-electron chi connectivity index (χ3n) is 7.51. The minimum atomic E-state index is -0.948. The minimum Gasteiger partial charge on any atom is -0.480 e.